The van der Waals surface area contributed by atoms with Crippen molar-refractivity contribution in [3.8, 4) is 0 Å². The van der Waals surface area contributed by atoms with Crippen molar-refractivity contribution < 1.29 is 36.5 Å². The van der Waals surface area contributed by atoms with Crippen molar-refractivity contribution in [1.29, 1.82) is 0 Å². The van der Waals surface area contributed by atoms with Crippen LogP contribution in [-0.2, 0) is 31.4 Å². The second-order valence-corrected chi connectivity index (χ2v) is 1.96. The number of carbonyl (C=O) groups is 1. The minimum absolute atomic E-state index is 0.125. The second-order valence-electron chi connectivity index (χ2n) is 1.96. The molecule has 12 heavy (non-hydrogen) atoms. The fourth-order valence-electron chi connectivity index (χ4n) is 0.438. The molecule has 0 aliphatic rings. The van der Waals surface area contributed by atoms with Crippen LogP contribution in [0.25, 0.3) is 0 Å². The third kappa shape index (κ3) is 9.85. The molecule has 0 bridgehead atoms. The summed E-state index contributed by atoms with van der Waals surface area (Å²) in [6.07, 6.45) is 0.272. The molecule has 5 heteroatoms. The molecule has 4 nitrogen and oxygen atoms in total. The molecule has 68 valence electrons. The van der Waals surface area contributed by atoms with Crippen molar-refractivity contribution in [3.63, 3.8) is 0 Å². The molecule has 0 aromatic heterocycles. The molecule has 0 fully saturated rings. The zero-order valence-electron chi connectivity index (χ0n) is 7.28. The molecule has 0 aliphatic carbocycles. The van der Waals surface area contributed by atoms with Gasteiger partial charge in [-0.2, -0.15) is 6.42 Å². The summed E-state index contributed by atoms with van der Waals surface area (Å²) in [5, 5.41) is 8.79. The Morgan fingerprint density at radius 2 is 2.17 bits per heavy atom. The second kappa shape index (κ2) is 10.9. The van der Waals surface area contributed by atoms with E-state index in [2.05, 4.69) is 11.7 Å². The summed E-state index contributed by atoms with van der Waals surface area (Å²) in [7, 11) is 0. The van der Waals surface area contributed by atoms with Gasteiger partial charge in [-0.15, -0.1) is 0 Å². The summed E-state index contributed by atoms with van der Waals surface area (Å²) < 4.78 is 12.9. The van der Waals surface area contributed by atoms with Crippen molar-refractivity contribution in [2.45, 2.75) is 32.5 Å². The van der Waals surface area contributed by atoms with Gasteiger partial charge in [0.15, 0.2) is 6.29 Å². The first kappa shape index (κ1) is 14.4. The fourth-order valence-corrected chi connectivity index (χ4v) is 0.438. The average Bonchev–Trinajstić information content (AvgIpc) is 2.08. The maximum atomic E-state index is 10.6. The van der Waals surface area contributed by atoms with Crippen molar-refractivity contribution in [3.05, 3.63) is 6.92 Å². The Labute approximate surface area is 82.2 Å². The van der Waals surface area contributed by atoms with Crippen molar-refractivity contribution in [2.24, 2.45) is 0 Å². The fraction of sp³-hybridized carbons (Fsp3) is 0.714. The van der Waals surface area contributed by atoms with Crippen LogP contribution in [0.15, 0.2) is 0 Å². The van der Waals surface area contributed by atoms with Crippen LogP contribution >= 0.6 is 0 Å². The van der Waals surface area contributed by atoms with Gasteiger partial charge in [0.1, 0.15) is 0 Å². The van der Waals surface area contributed by atoms with E-state index in [1.54, 1.807) is 6.92 Å². The number of hydrogen-bond acceptors (Lipinski definition) is 4. The molecule has 0 saturated carbocycles. The van der Waals surface area contributed by atoms with Gasteiger partial charge in [-0.25, -0.2) is 0 Å². The molecule has 1 N–H and O–H groups in total. The summed E-state index contributed by atoms with van der Waals surface area (Å²) in [5.74, 6) is -0.385. The predicted octanol–water partition coefficient (Wildman–Crippen LogP) is 0.751. The number of esters is 1. The van der Waals surface area contributed by atoms with E-state index in [4.69, 9.17) is 8.68 Å². The summed E-state index contributed by atoms with van der Waals surface area (Å²) in [6, 6.07) is 0. The predicted molar refractivity (Wildman–Crippen MR) is 37.7 cm³/mol. The van der Waals surface area contributed by atoms with Gasteiger partial charge < -0.3 is 16.8 Å². The number of carbonyl (C=O) groups excluding carboxylic acids is 1. The molecule has 0 aliphatic heterocycles. The summed E-state index contributed by atoms with van der Waals surface area (Å²) in [6.45, 7) is 5.21. The Kier molecular flexibility index (Phi) is 13.0. The number of ether oxygens (including phenoxy) is 1. The molecular weight excluding hydrogens is 213 g/mol. The van der Waals surface area contributed by atoms with E-state index in [0.29, 0.717) is 12.8 Å². The van der Waals surface area contributed by atoms with E-state index in [9.17, 15) is 4.79 Å². The quantitative estimate of drug-likeness (QED) is 0.333. The third-order valence-corrected chi connectivity index (χ3v) is 0.998. The normalized spacial score (nSPS) is 11.1. The average molecular weight is 227 g/mol. The van der Waals surface area contributed by atoms with E-state index < -0.39 is 6.29 Å². The topological polar surface area (TPSA) is 63.6 Å². The first-order valence-corrected chi connectivity index (χ1v) is 4.87. The van der Waals surface area contributed by atoms with E-state index in [-0.39, 0.29) is 30.6 Å². The Hall–Kier alpha value is -0.147. The van der Waals surface area contributed by atoms with Gasteiger partial charge in [0, 0.05) is 12.8 Å². The molecule has 0 spiro atoms. The standard InChI is InChI=1S/C7H13O3.O.Zn/c1-3-5-7(9)10-6(8)4-2;;/h6,8H,1,3-5H2,2H3;;/q-1;;. The van der Waals surface area contributed by atoms with Crippen LogP contribution in [0.1, 0.15) is 26.2 Å². The van der Waals surface area contributed by atoms with Gasteiger partial charge >= 0.3 is 27.8 Å². The van der Waals surface area contributed by atoms with Crippen LogP contribution in [0.4, 0.5) is 0 Å². The minimum atomic E-state index is -0.945. The van der Waals surface area contributed by atoms with Gasteiger partial charge in [0.2, 0.25) is 0 Å². The SMILES string of the molecule is [CH2-]CCC(=O)OC(O)CC.[O]=[Zn]. The van der Waals surface area contributed by atoms with E-state index in [1.165, 1.54) is 0 Å². The van der Waals surface area contributed by atoms with Gasteiger partial charge in [0.25, 0.3) is 0 Å². The molecule has 0 rings (SSSR count). The first-order chi connectivity index (χ1) is 5.70. The monoisotopic (exact) mass is 225 g/mol. The Morgan fingerprint density at radius 3 is 2.50 bits per heavy atom. The number of hydrogen-bond donors (Lipinski definition) is 1. The summed E-state index contributed by atoms with van der Waals surface area (Å²) in [5.41, 5.74) is 0. The van der Waals surface area contributed by atoms with E-state index in [1.807, 2.05) is 0 Å². The molecule has 0 saturated heterocycles. The Bertz CT molecular complexity index is 118. The van der Waals surface area contributed by atoms with Gasteiger partial charge in [0.05, 0.1) is 0 Å². The van der Waals surface area contributed by atoms with Crippen LogP contribution in [0.3, 0.4) is 0 Å². The van der Waals surface area contributed by atoms with Crippen molar-refractivity contribution in [1.82, 2.24) is 0 Å². The van der Waals surface area contributed by atoms with Crippen LogP contribution in [-0.4, -0.2) is 17.4 Å². The van der Waals surface area contributed by atoms with Crippen LogP contribution < -0.4 is 0 Å². The van der Waals surface area contributed by atoms with Gasteiger partial charge in [-0.3, -0.25) is 4.79 Å². The number of aliphatic hydroxyl groups is 1. The van der Waals surface area contributed by atoms with Gasteiger partial charge in [-0.05, 0) is 0 Å². The third-order valence-electron chi connectivity index (χ3n) is 0.998. The molecule has 1 unspecified atom stereocenters. The maximum absolute atomic E-state index is 10.6. The Morgan fingerprint density at radius 1 is 1.67 bits per heavy atom. The first-order valence-electron chi connectivity index (χ1n) is 3.66. The molecule has 0 aromatic rings. The molecular formula is C7H13O4Zn-. The molecule has 0 amide bonds. The van der Waals surface area contributed by atoms with Crippen LogP contribution in [0.2, 0.25) is 0 Å². The number of rotatable bonds is 4. The van der Waals surface area contributed by atoms with Crippen molar-refractivity contribution >= 4 is 5.97 Å². The zero-order chi connectivity index (χ0) is 9.98. The molecule has 0 radical (unpaired) electrons. The van der Waals surface area contributed by atoms with E-state index >= 15 is 0 Å². The molecule has 0 heterocycles. The Balaban J connectivity index is 0. The van der Waals surface area contributed by atoms with Crippen LogP contribution in [0, 0.1) is 6.92 Å². The summed E-state index contributed by atoms with van der Waals surface area (Å²) >= 11 is 0.125. The van der Waals surface area contributed by atoms with E-state index in [0.717, 1.165) is 0 Å². The number of aliphatic hydroxyl groups excluding tert-OH is 1. The molecule has 1 atom stereocenters. The summed E-state index contributed by atoms with van der Waals surface area (Å²) in [4.78, 5) is 10.6. The van der Waals surface area contributed by atoms with Crippen molar-refractivity contribution in [2.75, 3.05) is 0 Å². The van der Waals surface area contributed by atoms with Gasteiger partial charge in [-0.1, -0.05) is 6.92 Å². The molecule has 0 aromatic carbocycles. The van der Waals surface area contributed by atoms with Crippen LogP contribution in [0.5, 0.6) is 0 Å². The zero-order valence-corrected chi connectivity index (χ0v) is 10.3.